The summed E-state index contributed by atoms with van der Waals surface area (Å²) in [4.78, 5) is 14.9. The van der Waals surface area contributed by atoms with Crippen LogP contribution in [0.1, 0.15) is 17.2 Å². The molecule has 1 atom stereocenters. The Bertz CT molecular complexity index is 1270. The van der Waals surface area contributed by atoms with Crippen LogP contribution in [0.25, 0.3) is 11.0 Å². The van der Waals surface area contributed by atoms with E-state index >= 15 is 0 Å². The van der Waals surface area contributed by atoms with E-state index in [4.69, 9.17) is 0 Å². The Kier molecular flexibility index (Phi) is 5.78. The van der Waals surface area contributed by atoms with Crippen molar-refractivity contribution in [1.82, 2.24) is 31.4 Å². The Hall–Kier alpha value is -3.73. The Labute approximate surface area is 188 Å². The highest BCUT2D eigenvalue weighted by atomic mass is 19.1. The molecule has 4 aromatic rings. The maximum Gasteiger partial charge on any atom is 0.249 e. The standard InChI is InChI=1S/C23H21F2N7O/c24-17-9-15(10-18(25)11-17)13-31(19-7-5-16(6-8-19)21-12-26-29-27-21)23(33)14-32-22-4-2-1-3-20(22)28-30-32/h1-11,21,26-27,29H,12-14H2. The largest absolute Gasteiger partial charge is 0.306 e. The first kappa shape index (κ1) is 21.1. The van der Waals surface area contributed by atoms with Crippen molar-refractivity contribution in [3.63, 3.8) is 0 Å². The number of amides is 1. The molecule has 0 bridgehead atoms. The van der Waals surface area contributed by atoms with Gasteiger partial charge < -0.3 is 4.90 Å². The van der Waals surface area contributed by atoms with Gasteiger partial charge in [0.05, 0.1) is 18.1 Å². The third kappa shape index (κ3) is 4.58. The second kappa shape index (κ2) is 9.02. The molecule has 1 unspecified atom stereocenters. The summed E-state index contributed by atoms with van der Waals surface area (Å²) in [5.74, 6) is -1.67. The fourth-order valence-corrected chi connectivity index (χ4v) is 3.89. The monoisotopic (exact) mass is 449 g/mol. The van der Waals surface area contributed by atoms with Crippen LogP contribution in [-0.2, 0) is 17.9 Å². The first-order chi connectivity index (χ1) is 16.1. The zero-order valence-corrected chi connectivity index (χ0v) is 17.5. The molecule has 168 valence electrons. The number of aromatic nitrogens is 3. The minimum Gasteiger partial charge on any atom is -0.306 e. The van der Waals surface area contributed by atoms with E-state index in [0.29, 0.717) is 23.3 Å². The third-order valence-corrected chi connectivity index (χ3v) is 5.52. The SMILES string of the molecule is O=C(Cn1nnc2ccccc21)N(Cc1cc(F)cc(F)c1)c1ccc(C2CNNN2)cc1. The summed E-state index contributed by atoms with van der Waals surface area (Å²) in [7, 11) is 0. The van der Waals surface area contributed by atoms with Crippen molar-refractivity contribution in [2.45, 2.75) is 19.1 Å². The maximum absolute atomic E-state index is 13.8. The van der Waals surface area contributed by atoms with E-state index in [9.17, 15) is 13.6 Å². The molecule has 1 saturated heterocycles. The van der Waals surface area contributed by atoms with Crippen LogP contribution in [0.4, 0.5) is 14.5 Å². The van der Waals surface area contributed by atoms with Gasteiger partial charge in [-0.2, -0.15) is 5.53 Å². The molecule has 5 rings (SSSR count). The van der Waals surface area contributed by atoms with Gasteiger partial charge >= 0.3 is 0 Å². The predicted molar refractivity (Wildman–Crippen MR) is 119 cm³/mol. The summed E-state index contributed by atoms with van der Waals surface area (Å²) >= 11 is 0. The van der Waals surface area contributed by atoms with Crippen LogP contribution in [-0.4, -0.2) is 27.4 Å². The number of halogens is 2. The maximum atomic E-state index is 13.8. The molecule has 1 aliphatic rings. The van der Waals surface area contributed by atoms with E-state index in [1.807, 2.05) is 48.5 Å². The number of anilines is 1. The summed E-state index contributed by atoms with van der Waals surface area (Å²) in [6.45, 7) is 0.645. The highest BCUT2D eigenvalue weighted by molar-refractivity contribution is 5.93. The first-order valence-electron chi connectivity index (χ1n) is 10.4. The molecule has 2 heterocycles. The molecule has 0 aliphatic carbocycles. The summed E-state index contributed by atoms with van der Waals surface area (Å²) in [5, 5.41) is 8.18. The molecule has 1 amide bonds. The molecular formula is C23H21F2N7O. The number of rotatable bonds is 6. The third-order valence-electron chi connectivity index (χ3n) is 5.52. The summed E-state index contributed by atoms with van der Waals surface area (Å²) < 4.78 is 29.1. The van der Waals surface area contributed by atoms with E-state index in [1.165, 1.54) is 21.7 Å². The van der Waals surface area contributed by atoms with Gasteiger partial charge in [-0.1, -0.05) is 29.5 Å². The fraction of sp³-hybridized carbons (Fsp3) is 0.174. The van der Waals surface area contributed by atoms with Crippen molar-refractivity contribution >= 4 is 22.6 Å². The molecule has 0 radical (unpaired) electrons. The van der Waals surface area contributed by atoms with Gasteiger partial charge in [-0.15, -0.1) is 5.10 Å². The number of hydrazine groups is 2. The second-order valence-corrected chi connectivity index (χ2v) is 7.79. The Morgan fingerprint density at radius 3 is 2.55 bits per heavy atom. The minimum absolute atomic E-state index is 0.00425. The van der Waals surface area contributed by atoms with Crippen LogP contribution < -0.4 is 21.3 Å². The minimum atomic E-state index is -0.692. The van der Waals surface area contributed by atoms with Crippen molar-refractivity contribution in [2.24, 2.45) is 0 Å². The zero-order valence-electron chi connectivity index (χ0n) is 17.5. The van der Waals surface area contributed by atoms with Crippen LogP contribution in [0.5, 0.6) is 0 Å². The van der Waals surface area contributed by atoms with E-state index in [2.05, 4.69) is 26.7 Å². The van der Waals surface area contributed by atoms with Gasteiger partial charge in [0.2, 0.25) is 5.91 Å². The quantitative estimate of drug-likeness (QED) is 0.420. The van der Waals surface area contributed by atoms with Crippen molar-refractivity contribution in [1.29, 1.82) is 0 Å². The van der Waals surface area contributed by atoms with Crippen molar-refractivity contribution in [3.8, 4) is 0 Å². The molecule has 3 aromatic carbocycles. The Morgan fingerprint density at radius 1 is 1.06 bits per heavy atom. The average molecular weight is 449 g/mol. The fourth-order valence-electron chi connectivity index (χ4n) is 3.89. The van der Waals surface area contributed by atoms with E-state index in [1.54, 1.807) is 0 Å². The lowest BCUT2D eigenvalue weighted by Crippen LogP contribution is -2.34. The van der Waals surface area contributed by atoms with Gasteiger partial charge in [-0.05, 0) is 47.5 Å². The highest BCUT2D eigenvalue weighted by Crippen LogP contribution is 2.23. The number of carbonyl (C=O) groups is 1. The average Bonchev–Trinajstić information content (AvgIpc) is 3.48. The number of fused-ring (bicyclic) bond motifs is 1. The molecule has 0 spiro atoms. The topological polar surface area (TPSA) is 87.1 Å². The molecule has 33 heavy (non-hydrogen) atoms. The lowest BCUT2D eigenvalue weighted by atomic mass is 10.1. The van der Waals surface area contributed by atoms with Crippen molar-refractivity contribution in [3.05, 3.63) is 89.5 Å². The lowest BCUT2D eigenvalue weighted by Gasteiger charge is -2.24. The molecule has 10 heteroatoms. The summed E-state index contributed by atoms with van der Waals surface area (Å²) in [6, 6.07) is 18.2. The van der Waals surface area contributed by atoms with E-state index in [0.717, 1.165) is 17.1 Å². The van der Waals surface area contributed by atoms with Crippen molar-refractivity contribution in [2.75, 3.05) is 11.4 Å². The number of carbonyl (C=O) groups excluding carboxylic acids is 1. The molecule has 3 N–H and O–H groups in total. The van der Waals surface area contributed by atoms with E-state index < -0.39 is 11.6 Å². The summed E-state index contributed by atoms with van der Waals surface area (Å²) in [6.07, 6.45) is 0. The number of hydrogen-bond donors (Lipinski definition) is 3. The van der Waals surface area contributed by atoms with Gasteiger partial charge in [0, 0.05) is 18.3 Å². The zero-order chi connectivity index (χ0) is 22.8. The Morgan fingerprint density at radius 2 is 1.82 bits per heavy atom. The van der Waals surface area contributed by atoms with Crippen LogP contribution in [0.15, 0.2) is 66.7 Å². The molecule has 0 saturated carbocycles. The van der Waals surface area contributed by atoms with Crippen LogP contribution in [0.3, 0.4) is 0 Å². The molecule has 8 nitrogen and oxygen atoms in total. The Balaban J connectivity index is 1.45. The number of nitrogens with one attached hydrogen (secondary N) is 3. The number of nitrogens with zero attached hydrogens (tertiary/aromatic N) is 4. The van der Waals surface area contributed by atoms with Gasteiger partial charge in [0.25, 0.3) is 0 Å². The van der Waals surface area contributed by atoms with Crippen molar-refractivity contribution < 1.29 is 13.6 Å². The second-order valence-electron chi connectivity index (χ2n) is 7.79. The summed E-state index contributed by atoms with van der Waals surface area (Å²) in [5.41, 5.74) is 12.3. The van der Waals surface area contributed by atoms with Crippen LogP contribution >= 0.6 is 0 Å². The molecular weight excluding hydrogens is 428 g/mol. The number of hydrogen-bond acceptors (Lipinski definition) is 6. The van der Waals surface area contributed by atoms with E-state index in [-0.39, 0.29) is 25.0 Å². The van der Waals surface area contributed by atoms with Crippen LogP contribution in [0.2, 0.25) is 0 Å². The van der Waals surface area contributed by atoms with Gasteiger partial charge in [-0.25, -0.2) is 24.3 Å². The molecule has 1 fully saturated rings. The molecule has 1 aromatic heterocycles. The van der Waals surface area contributed by atoms with Gasteiger partial charge in [-0.3, -0.25) is 4.79 Å². The molecule has 1 aliphatic heterocycles. The number of para-hydroxylation sites is 1. The lowest BCUT2D eigenvalue weighted by molar-refractivity contribution is -0.119. The highest BCUT2D eigenvalue weighted by Gasteiger charge is 2.21. The van der Waals surface area contributed by atoms with Gasteiger partial charge in [0.15, 0.2) is 0 Å². The van der Waals surface area contributed by atoms with Gasteiger partial charge in [0.1, 0.15) is 23.7 Å². The predicted octanol–water partition coefficient (Wildman–Crippen LogP) is 2.60. The number of benzene rings is 3. The first-order valence-corrected chi connectivity index (χ1v) is 10.4. The normalized spacial score (nSPS) is 15.8. The van der Waals surface area contributed by atoms with Crippen LogP contribution in [0, 0.1) is 11.6 Å². The smallest absolute Gasteiger partial charge is 0.249 e.